The Labute approximate surface area is 152 Å². The fourth-order valence-corrected chi connectivity index (χ4v) is 2.52. The summed E-state index contributed by atoms with van der Waals surface area (Å²) >= 11 is 0. The maximum absolute atomic E-state index is 12.1. The number of H-pyrrole nitrogens is 1. The Bertz CT molecular complexity index is 889. The molecule has 0 radical (unpaired) electrons. The second-order valence-corrected chi connectivity index (χ2v) is 7.24. The minimum Gasteiger partial charge on any atom is -0.399 e. The molecule has 1 amide bonds. The van der Waals surface area contributed by atoms with Gasteiger partial charge in [-0.15, -0.1) is 0 Å². The Morgan fingerprint density at radius 1 is 1.08 bits per heavy atom. The van der Waals surface area contributed by atoms with Crippen molar-refractivity contribution >= 4 is 11.6 Å². The third-order valence-corrected chi connectivity index (χ3v) is 4.13. The zero-order valence-corrected chi connectivity index (χ0v) is 15.2. The fraction of sp³-hybridized carbons (Fsp3) is 0.250. The highest BCUT2D eigenvalue weighted by Crippen LogP contribution is 2.24. The summed E-state index contributed by atoms with van der Waals surface area (Å²) in [5.74, 6) is 1.03. The van der Waals surface area contributed by atoms with Gasteiger partial charge < -0.3 is 11.1 Å². The third kappa shape index (κ3) is 4.08. The highest BCUT2D eigenvalue weighted by atomic mass is 16.1. The zero-order valence-electron chi connectivity index (χ0n) is 15.2. The van der Waals surface area contributed by atoms with Crippen molar-refractivity contribution in [3.8, 4) is 11.4 Å². The molecule has 6 nitrogen and oxygen atoms in total. The summed E-state index contributed by atoms with van der Waals surface area (Å²) in [6.45, 7) is 6.81. The second-order valence-electron chi connectivity index (χ2n) is 7.24. The molecule has 26 heavy (non-hydrogen) atoms. The van der Waals surface area contributed by atoms with Crippen LogP contribution in [0, 0.1) is 0 Å². The van der Waals surface area contributed by atoms with Gasteiger partial charge in [-0.2, -0.15) is 5.10 Å². The second kappa shape index (κ2) is 7.00. The Morgan fingerprint density at radius 3 is 2.35 bits per heavy atom. The predicted molar refractivity (Wildman–Crippen MR) is 103 cm³/mol. The molecule has 0 aliphatic rings. The van der Waals surface area contributed by atoms with Crippen LogP contribution in [0.3, 0.4) is 0 Å². The van der Waals surface area contributed by atoms with Crippen LogP contribution in [0.1, 0.15) is 42.5 Å². The van der Waals surface area contributed by atoms with E-state index in [1.54, 1.807) is 24.3 Å². The first-order chi connectivity index (χ1) is 12.3. The van der Waals surface area contributed by atoms with E-state index in [1.165, 1.54) is 5.56 Å². The number of carbonyl (C=O) groups is 1. The van der Waals surface area contributed by atoms with Crippen molar-refractivity contribution in [2.45, 2.75) is 32.7 Å². The molecule has 0 aliphatic heterocycles. The number of nitrogen functional groups attached to an aromatic ring is 1. The molecular weight excluding hydrogens is 326 g/mol. The maximum atomic E-state index is 12.1. The molecule has 0 atom stereocenters. The number of carbonyl (C=O) groups excluding carboxylic acids is 1. The van der Waals surface area contributed by atoms with Gasteiger partial charge in [-0.3, -0.25) is 9.89 Å². The van der Waals surface area contributed by atoms with Crippen molar-refractivity contribution in [1.29, 1.82) is 0 Å². The van der Waals surface area contributed by atoms with Crippen LogP contribution < -0.4 is 11.1 Å². The van der Waals surface area contributed by atoms with Crippen molar-refractivity contribution < 1.29 is 4.79 Å². The van der Waals surface area contributed by atoms with Crippen LogP contribution >= 0.6 is 0 Å². The molecule has 0 unspecified atom stereocenters. The molecule has 4 N–H and O–H groups in total. The van der Waals surface area contributed by atoms with E-state index in [4.69, 9.17) is 5.73 Å². The quantitative estimate of drug-likeness (QED) is 0.630. The number of benzene rings is 2. The van der Waals surface area contributed by atoms with Crippen molar-refractivity contribution in [1.82, 2.24) is 20.5 Å². The van der Waals surface area contributed by atoms with Gasteiger partial charge in [0.2, 0.25) is 0 Å². The number of nitrogens with one attached hydrogen (secondary N) is 2. The van der Waals surface area contributed by atoms with Gasteiger partial charge in [0.05, 0.1) is 6.54 Å². The van der Waals surface area contributed by atoms with Gasteiger partial charge in [0.15, 0.2) is 5.82 Å². The molecule has 2 aromatic carbocycles. The number of nitrogens with two attached hydrogens (primary N) is 1. The first-order valence-electron chi connectivity index (χ1n) is 8.49. The minimum atomic E-state index is -0.183. The average Bonchev–Trinajstić information content (AvgIpc) is 3.09. The maximum Gasteiger partial charge on any atom is 0.251 e. The molecule has 0 aliphatic carbocycles. The molecule has 0 saturated carbocycles. The lowest BCUT2D eigenvalue weighted by atomic mass is 9.87. The van der Waals surface area contributed by atoms with Gasteiger partial charge in [-0.25, -0.2) is 4.98 Å². The number of hydrogen-bond acceptors (Lipinski definition) is 4. The van der Waals surface area contributed by atoms with E-state index >= 15 is 0 Å². The largest absolute Gasteiger partial charge is 0.399 e. The number of anilines is 1. The van der Waals surface area contributed by atoms with Crippen LogP contribution in [-0.2, 0) is 12.0 Å². The number of nitrogens with zero attached hydrogens (tertiary/aromatic N) is 2. The van der Waals surface area contributed by atoms with Crippen LogP contribution in [-0.4, -0.2) is 21.1 Å². The van der Waals surface area contributed by atoms with Crippen molar-refractivity contribution in [3.05, 3.63) is 65.5 Å². The van der Waals surface area contributed by atoms with Gasteiger partial charge in [0.1, 0.15) is 5.82 Å². The highest BCUT2D eigenvalue weighted by Gasteiger charge is 2.14. The molecule has 3 rings (SSSR count). The minimum absolute atomic E-state index is 0.106. The Hall–Kier alpha value is -3.15. The summed E-state index contributed by atoms with van der Waals surface area (Å²) < 4.78 is 0. The van der Waals surface area contributed by atoms with Crippen LogP contribution in [0.4, 0.5) is 5.69 Å². The topological polar surface area (TPSA) is 96.7 Å². The summed E-state index contributed by atoms with van der Waals surface area (Å²) in [6.07, 6.45) is 0. The Balaban J connectivity index is 1.64. The lowest BCUT2D eigenvalue weighted by Crippen LogP contribution is -2.23. The zero-order chi connectivity index (χ0) is 18.7. The molecule has 0 bridgehead atoms. The molecule has 134 valence electrons. The van der Waals surface area contributed by atoms with Crippen molar-refractivity contribution in [2.24, 2.45) is 0 Å². The summed E-state index contributed by atoms with van der Waals surface area (Å²) in [7, 11) is 0. The van der Waals surface area contributed by atoms with E-state index in [0.29, 0.717) is 22.9 Å². The number of rotatable bonds is 4. The number of aromatic amines is 1. The number of aromatic nitrogens is 3. The molecule has 1 aromatic heterocycles. The van der Waals surface area contributed by atoms with Crippen LogP contribution in [0.2, 0.25) is 0 Å². The van der Waals surface area contributed by atoms with Crippen LogP contribution in [0.15, 0.2) is 48.5 Å². The smallest absolute Gasteiger partial charge is 0.251 e. The Kier molecular flexibility index (Phi) is 4.75. The normalized spacial score (nSPS) is 11.3. The van der Waals surface area contributed by atoms with Crippen LogP contribution in [0.25, 0.3) is 11.4 Å². The van der Waals surface area contributed by atoms with E-state index in [-0.39, 0.29) is 17.9 Å². The van der Waals surface area contributed by atoms with E-state index in [2.05, 4.69) is 53.4 Å². The van der Waals surface area contributed by atoms with Gasteiger partial charge in [0, 0.05) is 16.8 Å². The average molecular weight is 349 g/mol. The lowest BCUT2D eigenvalue weighted by Gasteiger charge is -2.18. The third-order valence-electron chi connectivity index (χ3n) is 4.13. The van der Waals surface area contributed by atoms with E-state index in [9.17, 15) is 4.79 Å². The first kappa shape index (κ1) is 17.7. The summed E-state index contributed by atoms with van der Waals surface area (Å²) in [4.78, 5) is 16.6. The molecule has 6 heteroatoms. The monoisotopic (exact) mass is 349 g/mol. The summed E-state index contributed by atoms with van der Waals surface area (Å²) in [5, 5.41) is 9.92. The molecule has 0 saturated heterocycles. The number of amides is 1. The van der Waals surface area contributed by atoms with Crippen molar-refractivity contribution in [3.63, 3.8) is 0 Å². The SMILES string of the molecule is CC(C)(C)c1ccc(-c2n[nH]c(CNC(=O)c3ccc(N)cc3)n2)cc1. The summed E-state index contributed by atoms with van der Waals surface area (Å²) in [5.41, 5.74) is 9.10. The van der Waals surface area contributed by atoms with Crippen molar-refractivity contribution in [2.75, 3.05) is 5.73 Å². The fourth-order valence-electron chi connectivity index (χ4n) is 2.52. The molecule has 3 aromatic rings. The van der Waals surface area contributed by atoms with Gasteiger partial charge in [-0.05, 0) is 35.2 Å². The number of hydrogen-bond donors (Lipinski definition) is 3. The molecule has 0 fully saturated rings. The van der Waals surface area contributed by atoms with E-state index < -0.39 is 0 Å². The Morgan fingerprint density at radius 2 is 1.73 bits per heavy atom. The molecular formula is C20H23N5O. The summed E-state index contributed by atoms with van der Waals surface area (Å²) in [6, 6.07) is 15.0. The lowest BCUT2D eigenvalue weighted by molar-refractivity contribution is 0.0950. The van der Waals surface area contributed by atoms with Gasteiger partial charge in [0.25, 0.3) is 5.91 Å². The van der Waals surface area contributed by atoms with E-state index in [0.717, 1.165) is 5.56 Å². The van der Waals surface area contributed by atoms with Gasteiger partial charge in [-0.1, -0.05) is 45.0 Å². The highest BCUT2D eigenvalue weighted by molar-refractivity contribution is 5.94. The standard InChI is InChI=1S/C20H23N5O/c1-20(2,3)15-8-4-13(5-9-15)18-23-17(24-25-18)12-22-19(26)14-6-10-16(21)11-7-14/h4-11H,12,21H2,1-3H3,(H,22,26)(H,23,24,25). The first-order valence-corrected chi connectivity index (χ1v) is 8.49. The van der Waals surface area contributed by atoms with Crippen LogP contribution in [0.5, 0.6) is 0 Å². The molecule has 1 heterocycles. The van der Waals surface area contributed by atoms with E-state index in [1.807, 2.05) is 12.1 Å². The van der Waals surface area contributed by atoms with Gasteiger partial charge >= 0.3 is 0 Å². The molecule has 0 spiro atoms. The predicted octanol–water partition coefficient (Wildman–Crippen LogP) is 3.28.